The van der Waals surface area contributed by atoms with E-state index < -0.39 is 17.9 Å². The van der Waals surface area contributed by atoms with Crippen LogP contribution in [0.5, 0.6) is 0 Å². The van der Waals surface area contributed by atoms with Gasteiger partial charge in [-0.1, -0.05) is 6.42 Å². The number of carbonyl (C=O) groups is 3. The maximum absolute atomic E-state index is 12.0. The number of nitrogens with two attached hydrogens (primary N) is 1. The topological polar surface area (TPSA) is 109 Å². The zero-order valence-corrected chi connectivity index (χ0v) is 10.1. The molecule has 2 bridgehead atoms. The van der Waals surface area contributed by atoms with Gasteiger partial charge in [-0.25, -0.2) is 4.79 Å². The summed E-state index contributed by atoms with van der Waals surface area (Å²) >= 11 is 0. The van der Waals surface area contributed by atoms with E-state index in [4.69, 9.17) is 10.8 Å². The number of fused-ring (bicyclic) bond motifs is 2. The maximum Gasteiger partial charge on any atom is 0.326 e. The molecule has 0 aromatic heterocycles. The molecule has 0 saturated heterocycles. The number of amides is 2. The Morgan fingerprint density at radius 3 is 2.44 bits per heavy atom. The molecule has 0 aromatic rings. The Kier molecular flexibility index (Phi) is 3.54. The van der Waals surface area contributed by atoms with Gasteiger partial charge in [-0.2, -0.15) is 0 Å². The second-order valence-electron chi connectivity index (χ2n) is 5.35. The van der Waals surface area contributed by atoms with E-state index in [9.17, 15) is 14.4 Å². The van der Waals surface area contributed by atoms with Crippen LogP contribution >= 0.6 is 0 Å². The lowest BCUT2D eigenvalue weighted by atomic mass is 9.88. The van der Waals surface area contributed by atoms with Gasteiger partial charge in [0, 0.05) is 5.92 Å². The molecule has 100 valence electrons. The number of rotatable bonds is 5. The Labute approximate surface area is 105 Å². The SMILES string of the molecule is NC(=O)CC(NC(=O)C1CC2CCC1C2)C(=O)O. The predicted molar refractivity (Wildman–Crippen MR) is 62.3 cm³/mol. The van der Waals surface area contributed by atoms with Gasteiger partial charge in [0.15, 0.2) is 0 Å². The van der Waals surface area contributed by atoms with E-state index in [0.29, 0.717) is 11.8 Å². The van der Waals surface area contributed by atoms with Crippen LogP contribution in [-0.2, 0) is 14.4 Å². The van der Waals surface area contributed by atoms with E-state index in [-0.39, 0.29) is 18.2 Å². The normalized spacial score (nSPS) is 31.0. The van der Waals surface area contributed by atoms with Crippen LogP contribution in [0.15, 0.2) is 0 Å². The molecule has 4 unspecified atom stereocenters. The van der Waals surface area contributed by atoms with Crippen molar-refractivity contribution in [2.45, 2.75) is 38.1 Å². The largest absolute Gasteiger partial charge is 0.480 e. The summed E-state index contributed by atoms with van der Waals surface area (Å²) in [6.07, 6.45) is 3.79. The molecule has 6 heteroatoms. The van der Waals surface area contributed by atoms with E-state index >= 15 is 0 Å². The van der Waals surface area contributed by atoms with Crippen LogP contribution in [0.3, 0.4) is 0 Å². The molecule has 6 nitrogen and oxygen atoms in total. The van der Waals surface area contributed by atoms with Crippen molar-refractivity contribution in [2.24, 2.45) is 23.5 Å². The number of hydrogen-bond acceptors (Lipinski definition) is 3. The quantitative estimate of drug-likeness (QED) is 0.634. The van der Waals surface area contributed by atoms with Gasteiger partial charge in [0.25, 0.3) is 0 Å². The molecule has 0 radical (unpaired) electrons. The summed E-state index contributed by atoms with van der Waals surface area (Å²) in [5.41, 5.74) is 4.97. The Morgan fingerprint density at radius 1 is 1.28 bits per heavy atom. The molecule has 4 atom stereocenters. The van der Waals surface area contributed by atoms with Gasteiger partial charge < -0.3 is 16.2 Å². The third-order valence-electron chi connectivity index (χ3n) is 4.09. The fourth-order valence-electron chi connectivity index (χ4n) is 3.25. The summed E-state index contributed by atoms with van der Waals surface area (Å²) in [6.45, 7) is 0. The minimum Gasteiger partial charge on any atom is -0.480 e. The van der Waals surface area contributed by atoms with Crippen LogP contribution in [0.4, 0.5) is 0 Å². The molecular formula is C12H18N2O4. The van der Waals surface area contributed by atoms with Crippen molar-refractivity contribution in [3.63, 3.8) is 0 Å². The van der Waals surface area contributed by atoms with Crippen LogP contribution in [0.2, 0.25) is 0 Å². The van der Waals surface area contributed by atoms with Crippen molar-refractivity contribution >= 4 is 17.8 Å². The fraction of sp³-hybridized carbons (Fsp3) is 0.750. The van der Waals surface area contributed by atoms with Crippen molar-refractivity contribution in [1.29, 1.82) is 0 Å². The van der Waals surface area contributed by atoms with E-state index in [1.165, 1.54) is 6.42 Å². The molecule has 0 heterocycles. The van der Waals surface area contributed by atoms with Crippen LogP contribution < -0.4 is 11.1 Å². The average Bonchev–Trinajstić information content (AvgIpc) is 2.88. The van der Waals surface area contributed by atoms with Gasteiger partial charge in [0.05, 0.1) is 6.42 Å². The summed E-state index contributed by atoms with van der Waals surface area (Å²) in [4.78, 5) is 33.7. The second kappa shape index (κ2) is 4.96. The monoisotopic (exact) mass is 254 g/mol. The van der Waals surface area contributed by atoms with E-state index in [2.05, 4.69) is 5.32 Å². The summed E-state index contributed by atoms with van der Waals surface area (Å²) in [5, 5.41) is 11.4. The first-order chi connectivity index (χ1) is 8.47. The number of hydrogen-bond donors (Lipinski definition) is 3. The lowest BCUT2D eigenvalue weighted by molar-refractivity contribution is -0.144. The van der Waals surface area contributed by atoms with Crippen LogP contribution in [0.1, 0.15) is 32.1 Å². The molecule has 2 aliphatic carbocycles. The molecule has 2 aliphatic rings. The Bertz CT molecular complexity index is 382. The molecule has 2 amide bonds. The highest BCUT2D eigenvalue weighted by Crippen LogP contribution is 2.48. The number of carbonyl (C=O) groups excluding carboxylic acids is 2. The molecule has 2 rings (SSSR count). The lowest BCUT2D eigenvalue weighted by Gasteiger charge is -2.22. The average molecular weight is 254 g/mol. The maximum atomic E-state index is 12.0. The summed E-state index contributed by atoms with van der Waals surface area (Å²) in [7, 11) is 0. The summed E-state index contributed by atoms with van der Waals surface area (Å²) in [5.74, 6) is -1.27. The first-order valence-corrected chi connectivity index (χ1v) is 6.29. The zero-order chi connectivity index (χ0) is 13.3. The molecular weight excluding hydrogens is 236 g/mol. The number of carboxylic acids is 1. The molecule has 0 aromatic carbocycles. The number of aliphatic carboxylic acids is 1. The highest BCUT2D eigenvalue weighted by Gasteiger charge is 2.43. The highest BCUT2D eigenvalue weighted by molar-refractivity contribution is 5.89. The Morgan fingerprint density at radius 2 is 2.00 bits per heavy atom. The molecule has 0 spiro atoms. The molecule has 0 aliphatic heterocycles. The lowest BCUT2D eigenvalue weighted by Crippen LogP contribution is -2.46. The zero-order valence-electron chi connectivity index (χ0n) is 10.1. The Balaban J connectivity index is 1.92. The smallest absolute Gasteiger partial charge is 0.326 e. The van der Waals surface area contributed by atoms with Crippen molar-refractivity contribution in [1.82, 2.24) is 5.32 Å². The molecule has 2 saturated carbocycles. The number of nitrogens with one attached hydrogen (secondary N) is 1. The third kappa shape index (κ3) is 2.63. The van der Waals surface area contributed by atoms with Crippen molar-refractivity contribution < 1.29 is 19.5 Å². The highest BCUT2D eigenvalue weighted by atomic mass is 16.4. The van der Waals surface area contributed by atoms with Crippen LogP contribution in [0.25, 0.3) is 0 Å². The van der Waals surface area contributed by atoms with Gasteiger partial charge >= 0.3 is 5.97 Å². The second-order valence-corrected chi connectivity index (χ2v) is 5.35. The fourth-order valence-corrected chi connectivity index (χ4v) is 3.25. The first kappa shape index (κ1) is 12.9. The molecule has 4 N–H and O–H groups in total. The predicted octanol–water partition coefficient (Wildman–Crippen LogP) is -0.133. The number of carboxylic acid groups (broad SMARTS) is 1. The van der Waals surface area contributed by atoms with Gasteiger partial charge in [0.2, 0.25) is 11.8 Å². The first-order valence-electron chi connectivity index (χ1n) is 6.29. The van der Waals surface area contributed by atoms with Gasteiger partial charge in [-0.15, -0.1) is 0 Å². The van der Waals surface area contributed by atoms with E-state index in [1.54, 1.807) is 0 Å². The number of primary amides is 1. The van der Waals surface area contributed by atoms with Crippen molar-refractivity contribution in [3.05, 3.63) is 0 Å². The van der Waals surface area contributed by atoms with Crippen LogP contribution in [0, 0.1) is 17.8 Å². The summed E-state index contributed by atoms with van der Waals surface area (Å²) in [6, 6.07) is -1.20. The molecule has 18 heavy (non-hydrogen) atoms. The van der Waals surface area contributed by atoms with E-state index in [1.807, 2.05) is 0 Å². The minimum atomic E-state index is -1.22. The summed E-state index contributed by atoms with van der Waals surface area (Å²) < 4.78 is 0. The van der Waals surface area contributed by atoms with Gasteiger partial charge in [-0.3, -0.25) is 9.59 Å². The van der Waals surface area contributed by atoms with Crippen LogP contribution in [-0.4, -0.2) is 28.9 Å². The van der Waals surface area contributed by atoms with Gasteiger partial charge in [-0.05, 0) is 31.1 Å². The van der Waals surface area contributed by atoms with Crippen molar-refractivity contribution in [3.8, 4) is 0 Å². The standard InChI is InChI=1S/C12H18N2O4/c13-10(15)5-9(12(17)18)14-11(16)8-4-6-1-2-7(8)3-6/h6-9H,1-5H2,(H2,13,15)(H,14,16)(H,17,18). The third-order valence-corrected chi connectivity index (χ3v) is 4.09. The molecule has 2 fully saturated rings. The van der Waals surface area contributed by atoms with Gasteiger partial charge in [0.1, 0.15) is 6.04 Å². The van der Waals surface area contributed by atoms with Crippen molar-refractivity contribution in [2.75, 3.05) is 0 Å². The Hall–Kier alpha value is -1.59. The minimum absolute atomic E-state index is 0.0847. The van der Waals surface area contributed by atoms with E-state index in [0.717, 1.165) is 19.3 Å².